The van der Waals surface area contributed by atoms with Crippen LogP contribution in [-0.2, 0) is 0 Å². The molecule has 0 spiro atoms. The van der Waals surface area contributed by atoms with E-state index in [4.69, 9.17) is 0 Å². The monoisotopic (exact) mass is 292 g/mol. The van der Waals surface area contributed by atoms with Gasteiger partial charge in [-0.25, -0.2) is 15.0 Å². The van der Waals surface area contributed by atoms with Gasteiger partial charge in [0.05, 0.1) is 12.3 Å². The zero-order valence-corrected chi connectivity index (χ0v) is 12.2. The zero-order valence-electron chi connectivity index (χ0n) is 11.4. The number of carbonyl (C=O) groups is 1. The highest BCUT2D eigenvalue weighted by molar-refractivity contribution is 7.16. The maximum Gasteiger partial charge on any atom is 0.265 e. The number of amides is 1. The maximum absolute atomic E-state index is 12.2. The summed E-state index contributed by atoms with van der Waals surface area (Å²) in [5.74, 6) is 0.411. The van der Waals surface area contributed by atoms with Crippen LogP contribution in [0.1, 0.15) is 23.0 Å². The minimum Gasteiger partial charge on any atom is -0.393 e. The molecule has 20 heavy (non-hydrogen) atoms. The number of nitrogens with zero attached hydrogens (tertiary/aromatic N) is 4. The quantitative estimate of drug-likeness (QED) is 0.902. The van der Waals surface area contributed by atoms with Crippen LogP contribution in [0.4, 0.5) is 0 Å². The molecule has 0 bridgehead atoms. The highest BCUT2D eigenvalue weighted by Gasteiger charge is 2.16. The molecule has 2 aromatic heterocycles. The van der Waals surface area contributed by atoms with E-state index in [-0.39, 0.29) is 5.91 Å². The molecule has 0 radical (unpaired) electrons. The highest BCUT2D eigenvalue weighted by atomic mass is 32.1. The number of thiazole rings is 1. The van der Waals surface area contributed by atoms with Crippen LogP contribution in [0.15, 0.2) is 24.7 Å². The Kier molecular flexibility index (Phi) is 4.75. The predicted octanol–water partition coefficient (Wildman–Crippen LogP) is 1.44. The fourth-order valence-corrected chi connectivity index (χ4v) is 2.42. The second kappa shape index (κ2) is 6.53. The van der Waals surface area contributed by atoms with Gasteiger partial charge in [-0.15, -0.1) is 11.3 Å². The normalized spacial score (nSPS) is 12.2. The van der Waals surface area contributed by atoms with Crippen molar-refractivity contribution in [3.63, 3.8) is 0 Å². The first kappa shape index (κ1) is 14.5. The van der Waals surface area contributed by atoms with Gasteiger partial charge < -0.3 is 10.0 Å². The van der Waals surface area contributed by atoms with Crippen LogP contribution in [0, 0.1) is 0 Å². The van der Waals surface area contributed by atoms with Gasteiger partial charge in [-0.3, -0.25) is 4.79 Å². The van der Waals surface area contributed by atoms with Crippen molar-refractivity contribution < 1.29 is 9.90 Å². The van der Waals surface area contributed by atoms with E-state index < -0.39 is 6.10 Å². The van der Waals surface area contributed by atoms with Gasteiger partial charge in [0.15, 0.2) is 10.8 Å². The number of aliphatic hydroxyl groups excluding tert-OH is 1. The molecule has 1 amide bonds. The van der Waals surface area contributed by atoms with Crippen molar-refractivity contribution in [1.82, 2.24) is 19.9 Å². The molecular formula is C13H16N4O2S. The fraction of sp³-hybridized carbons (Fsp3) is 0.385. The summed E-state index contributed by atoms with van der Waals surface area (Å²) in [7, 11) is 1.71. The van der Waals surface area contributed by atoms with E-state index >= 15 is 0 Å². The summed E-state index contributed by atoms with van der Waals surface area (Å²) in [6, 6.07) is 1.73. The summed E-state index contributed by atoms with van der Waals surface area (Å²) in [4.78, 5) is 26.7. The largest absolute Gasteiger partial charge is 0.393 e. The van der Waals surface area contributed by atoms with E-state index in [2.05, 4.69) is 15.0 Å². The van der Waals surface area contributed by atoms with Crippen molar-refractivity contribution in [2.45, 2.75) is 19.4 Å². The van der Waals surface area contributed by atoms with Crippen LogP contribution < -0.4 is 0 Å². The van der Waals surface area contributed by atoms with E-state index in [0.717, 1.165) is 0 Å². The van der Waals surface area contributed by atoms with Crippen molar-refractivity contribution in [2.75, 3.05) is 13.6 Å². The molecule has 0 fully saturated rings. The summed E-state index contributed by atoms with van der Waals surface area (Å²) >= 11 is 1.27. The fourth-order valence-electron chi connectivity index (χ4n) is 1.56. The van der Waals surface area contributed by atoms with Crippen molar-refractivity contribution in [3.8, 4) is 10.8 Å². The van der Waals surface area contributed by atoms with Gasteiger partial charge in [0.25, 0.3) is 5.91 Å². The van der Waals surface area contributed by atoms with Crippen LogP contribution >= 0.6 is 11.3 Å². The van der Waals surface area contributed by atoms with E-state index in [9.17, 15) is 9.90 Å². The molecule has 1 unspecified atom stereocenters. The van der Waals surface area contributed by atoms with E-state index in [1.54, 1.807) is 37.3 Å². The average Bonchev–Trinajstić information content (AvgIpc) is 2.94. The average molecular weight is 292 g/mol. The number of hydrogen-bond donors (Lipinski definition) is 1. The molecule has 2 aromatic rings. The Labute approximate surface area is 121 Å². The van der Waals surface area contributed by atoms with Crippen LogP contribution in [-0.4, -0.2) is 50.6 Å². The van der Waals surface area contributed by atoms with Crippen LogP contribution in [0.2, 0.25) is 0 Å². The van der Waals surface area contributed by atoms with Gasteiger partial charge in [-0.05, 0) is 19.4 Å². The third kappa shape index (κ3) is 3.58. The predicted molar refractivity (Wildman–Crippen MR) is 76.4 cm³/mol. The number of hydrogen-bond acceptors (Lipinski definition) is 6. The first-order chi connectivity index (χ1) is 9.58. The summed E-state index contributed by atoms with van der Waals surface area (Å²) in [6.45, 7) is 2.21. The van der Waals surface area contributed by atoms with Crippen molar-refractivity contribution in [2.24, 2.45) is 0 Å². The Morgan fingerprint density at radius 3 is 2.75 bits per heavy atom. The molecule has 106 valence electrons. The molecule has 0 aliphatic carbocycles. The second-order valence-corrected chi connectivity index (χ2v) is 5.50. The van der Waals surface area contributed by atoms with E-state index in [0.29, 0.717) is 28.7 Å². The van der Waals surface area contributed by atoms with Crippen LogP contribution in [0.25, 0.3) is 10.8 Å². The summed E-state index contributed by atoms with van der Waals surface area (Å²) in [5.41, 5.74) is 0. The van der Waals surface area contributed by atoms with Crippen LogP contribution in [0.5, 0.6) is 0 Å². The molecule has 1 N–H and O–H groups in total. The molecule has 1 atom stereocenters. The minimum absolute atomic E-state index is 0.106. The second-order valence-electron chi connectivity index (χ2n) is 4.47. The van der Waals surface area contributed by atoms with Crippen molar-refractivity contribution in [3.05, 3.63) is 29.5 Å². The molecule has 7 heteroatoms. The number of carbonyl (C=O) groups excluding carboxylic acids is 1. The third-order valence-electron chi connectivity index (χ3n) is 2.70. The lowest BCUT2D eigenvalue weighted by molar-refractivity contribution is 0.0773. The van der Waals surface area contributed by atoms with Crippen molar-refractivity contribution in [1.29, 1.82) is 0 Å². The number of aliphatic hydroxyl groups is 1. The Hall–Kier alpha value is -1.86. The summed E-state index contributed by atoms with van der Waals surface area (Å²) < 4.78 is 0. The smallest absolute Gasteiger partial charge is 0.265 e. The topological polar surface area (TPSA) is 79.2 Å². The SMILES string of the molecule is CC(O)CCN(C)C(=O)c1cnc(-c2ncccn2)s1. The van der Waals surface area contributed by atoms with E-state index in [1.807, 2.05) is 0 Å². The van der Waals surface area contributed by atoms with Crippen LogP contribution in [0.3, 0.4) is 0 Å². The van der Waals surface area contributed by atoms with Gasteiger partial charge in [0, 0.05) is 26.0 Å². The van der Waals surface area contributed by atoms with Gasteiger partial charge in [-0.2, -0.15) is 0 Å². The molecular weight excluding hydrogens is 276 g/mol. The van der Waals surface area contributed by atoms with E-state index in [1.165, 1.54) is 17.5 Å². The number of aromatic nitrogens is 3. The lowest BCUT2D eigenvalue weighted by Crippen LogP contribution is -2.28. The summed E-state index contributed by atoms with van der Waals surface area (Å²) in [6.07, 6.45) is 4.95. The van der Waals surface area contributed by atoms with Crippen molar-refractivity contribution >= 4 is 17.2 Å². The highest BCUT2D eigenvalue weighted by Crippen LogP contribution is 2.22. The molecule has 6 nitrogen and oxygen atoms in total. The molecule has 0 aliphatic heterocycles. The van der Waals surface area contributed by atoms with Gasteiger partial charge in [0.1, 0.15) is 4.88 Å². The van der Waals surface area contributed by atoms with Gasteiger partial charge >= 0.3 is 0 Å². The lowest BCUT2D eigenvalue weighted by atomic mass is 10.3. The first-order valence-corrected chi connectivity index (χ1v) is 7.06. The zero-order chi connectivity index (χ0) is 14.5. The lowest BCUT2D eigenvalue weighted by Gasteiger charge is -2.16. The minimum atomic E-state index is -0.417. The molecule has 2 heterocycles. The summed E-state index contributed by atoms with van der Waals surface area (Å²) in [5, 5.41) is 9.87. The standard InChI is InChI=1S/C13H16N4O2S/c1-9(18)4-7-17(2)13(19)10-8-16-12(20-10)11-14-5-3-6-15-11/h3,5-6,8-9,18H,4,7H2,1-2H3. The first-order valence-electron chi connectivity index (χ1n) is 6.24. The molecule has 0 saturated heterocycles. The Balaban J connectivity index is 2.07. The third-order valence-corrected chi connectivity index (χ3v) is 3.68. The maximum atomic E-state index is 12.2. The van der Waals surface area contributed by atoms with Gasteiger partial charge in [0.2, 0.25) is 0 Å². The van der Waals surface area contributed by atoms with Gasteiger partial charge in [-0.1, -0.05) is 0 Å². The molecule has 0 aliphatic rings. The Morgan fingerprint density at radius 2 is 2.10 bits per heavy atom. The number of rotatable bonds is 5. The Morgan fingerprint density at radius 1 is 1.40 bits per heavy atom. The Bertz CT molecular complexity index is 571. The molecule has 2 rings (SSSR count). The molecule has 0 saturated carbocycles. The molecule has 0 aromatic carbocycles.